The van der Waals surface area contributed by atoms with Crippen molar-refractivity contribution in [2.75, 3.05) is 18.5 Å². The highest BCUT2D eigenvalue weighted by atomic mass is 16.5. The summed E-state index contributed by atoms with van der Waals surface area (Å²) in [6.07, 6.45) is 5.35. The fraction of sp³-hybridized carbons (Fsp3) is 0.261. The number of esters is 1. The number of nitrogens with one attached hydrogen (secondary N) is 1. The Labute approximate surface area is 185 Å². The van der Waals surface area contributed by atoms with Gasteiger partial charge in [-0.15, -0.1) is 0 Å². The molecular weight excluding hydrogens is 410 g/mol. The monoisotopic (exact) mass is 433 g/mol. The lowest BCUT2D eigenvalue weighted by atomic mass is 10.0. The molecule has 1 N–H and O–H groups in total. The lowest BCUT2D eigenvalue weighted by Gasteiger charge is -2.19. The van der Waals surface area contributed by atoms with Gasteiger partial charge in [0, 0.05) is 25.4 Å². The molecule has 9 heteroatoms. The van der Waals surface area contributed by atoms with Crippen molar-refractivity contribution in [2.45, 2.75) is 25.8 Å². The van der Waals surface area contributed by atoms with Crippen molar-refractivity contribution in [3.05, 3.63) is 78.0 Å². The first kappa shape index (κ1) is 21.2. The van der Waals surface area contributed by atoms with Crippen LogP contribution in [0.5, 0.6) is 0 Å². The van der Waals surface area contributed by atoms with Crippen LogP contribution in [0.15, 0.2) is 70.6 Å². The number of ether oxygens (including phenoxy) is 1. The number of hydrogen-bond acceptors (Lipinski definition) is 8. The van der Waals surface area contributed by atoms with Gasteiger partial charge >= 0.3 is 5.97 Å². The summed E-state index contributed by atoms with van der Waals surface area (Å²) in [5.41, 5.74) is 2.86. The molecule has 4 rings (SSSR count). The van der Waals surface area contributed by atoms with Crippen LogP contribution in [0.4, 0.5) is 5.95 Å². The lowest BCUT2D eigenvalue weighted by molar-refractivity contribution is -0.152. The molecule has 0 aliphatic carbocycles. The molecule has 1 aromatic carbocycles. The van der Waals surface area contributed by atoms with Gasteiger partial charge in [0.05, 0.1) is 18.4 Å². The van der Waals surface area contributed by atoms with Gasteiger partial charge in [0.25, 0.3) is 5.91 Å². The van der Waals surface area contributed by atoms with E-state index in [1.807, 2.05) is 37.3 Å². The van der Waals surface area contributed by atoms with Crippen LogP contribution in [-0.4, -0.2) is 45.7 Å². The zero-order valence-corrected chi connectivity index (χ0v) is 17.6. The van der Waals surface area contributed by atoms with Gasteiger partial charge in [-0.05, 0) is 30.7 Å². The molecule has 1 amide bonds. The molecule has 32 heavy (non-hydrogen) atoms. The molecule has 0 saturated carbocycles. The zero-order valence-electron chi connectivity index (χ0n) is 17.6. The molecule has 3 aromatic rings. The molecule has 1 aliphatic rings. The second kappa shape index (κ2) is 9.86. The number of furan rings is 1. The maximum Gasteiger partial charge on any atom is 0.308 e. The molecule has 0 fully saturated rings. The first-order valence-electron chi connectivity index (χ1n) is 10.3. The van der Waals surface area contributed by atoms with Crippen LogP contribution in [0, 0.1) is 6.92 Å². The molecule has 164 valence electrons. The molecule has 1 unspecified atom stereocenters. The molecule has 0 bridgehead atoms. The van der Waals surface area contributed by atoms with E-state index in [1.165, 1.54) is 5.01 Å². The van der Waals surface area contributed by atoms with Crippen LogP contribution >= 0.6 is 0 Å². The number of rotatable bonds is 8. The average molecular weight is 433 g/mol. The quantitative estimate of drug-likeness (QED) is 0.544. The average Bonchev–Trinajstić information content (AvgIpc) is 3.49. The standard InChI is InChI=1S/C23H23N5O4/c1-16-5-7-17(8-6-16)18-14-19(20-4-2-13-31-20)28(27-18)21(29)15-32-22(30)9-12-26-23-24-10-3-11-25-23/h2-8,10-11,13,19H,9,12,14-15H2,1H3,(H,24,25,26). The molecule has 3 heterocycles. The summed E-state index contributed by atoms with van der Waals surface area (Å²) in [7, 11) is 0. The van der Waals surface area contributed by atoms with E-state index in [9.17, 15) is 9.59 Å². The van der Waals surface area contributed by atoms with Crippen LogP contribution in [0.1, 0.15) is 35.8 Å². The summed E-state index contributed by atoms with van der Waals surface area (Å²) >= 11 is 0. The third-order valence-electron chi connectivity index (χ3n) is 4.96. The Morgan fingerprint density at radius 1 is 1.16 bits per heavy atom. The number of carbonyl (C=O) groups is 2. The van der Waals surface area contributed by atoms with E-state index in [1.54, 1.807) is 30.8 Å². The van der Waals surface area contributed by atoms with Gasteiger partial charge in [0.1, 0.15) is 11.8 Å². The normalized spacial score (nSPS) is 15.3. The van der Waals surface area contributed by atoms with Gasteiger partial charge in [0.15, 0.2) is 6.61 Å². The number of amides is 1. The van der Waals surface area contributed by atoms with Crippen LogP contribution in [0.3, 0.4) is 0 Å². The van der Waals surface area contributed by atoms with Crippen LogP contribution in [0.25, 0.3) is 0 Å². The molecular formula is C23H23N5O4. The second-order valence-corrected chi connectivity index (χ2v) is 7.30. The number of aryl methyl sites for hydroxylation is 1. The molecule has 0 spiro atoms. The summed E-state index contributed by atoms with van der Waals surface area (Å²) in [5, 5.41) is 8.79. The summed E-state index contributed by atoms with van der Waals surface area (Å²) < 4.78 is 10.7. The van der Waals surface area contributed by atoms with Crippen molar-refractivity contribution in [3.63, 3.8) is 0 Å². The van der Waals surface area contributed by atoms with E-state index in [0.29, 0.717) is 24.7 Å². The third-order valence-corrected chi connectivity index (χ3v) is 4.96. The van der Waals surface area contributed by atoms with Gasteiger partial charge in [0.2, 0.25) is 5.95 Å². The van der Waals surface area contributed by atoms with Gasteiger partial charge < -0.3 is 14.5 Å². The summed E-state index contributed by atoms with van der Waals surface area (Å²) in [4.78, 5) is 32.9. The van der Waals surface area contributed by atoms with Crippen molar-refractivity contribution < 1.29 is 18.7 Å². The van der Waals surface area contributed by atoms with E-state index in [0.717, 1.165) is 16.8 Å². The number of hydrogen-bond donors (Lipinski definition) is 1. The highest BCUT2D eigenvalue weighted by Crippen LogP contribution is 2.33. The van der Waals surface area contributed by atoms with Gasteiger partial charge in [-0.1, -0.05) is 29.8 Å². The van der Waals surface area contributed by atoms with Crippen molar-refractivity contribution >= 4 is 23.5 Å². The Morgan fingerprint density at radius 3 is 2.66 bits per heavy atom. The Morgan fingerprint density at radius 2 is 1.94 bits per heavy atom. The molecule has 0 saturated heterocycles. The van der Waals surface area contributed by atoms with E-state index in [2.05, 4.69) is 20.4 Å². The van der Waals surface area contributed by atoms with Crippen LogP contribution in [-0.2, 0) is 14.3 Å². The zero-order chi connectivity index (χ0) is 22.3. The predicted molar refractivity (Wildman–Crippen MR) is 117 cm³/mol. The number of benzene rings is 1. The Hall–Kier alpha value is -4.01. The summed E-state index contributed by atoms with van der Waals surface area (Å²) in [6.45, 7) is 1.91. The van der Waals surface area contributed by atoms with Gasteiger partial charge in [-0.2, -0.15) is 5.10 Å². The number of aromatic nitrogens is 2. The predicted octanol–water partition coefficient (Wildman–Crippen LogP) is 3.10. The smallest absolute Gasteiger partial charge is 0.308 e. The fourth-order valence-corrected chi connectivity index (χ4v) is 3.31. The van der Waals surface area contributed by atoms with Gasteiger partial charge in [-0.3, -0.25) is 9.59 Å². The number of nitrogens with zero attached hydrogens (tertiary/aromatic N) is 4. The van der Waals surface area contributed by atoms with Crippen LogP contribution in [0.2, 0.25) is 0 Å². The first-order valence-corrected chi connectivity index (χ1v) is 10.3. The molecule has 2 aromatic heterocycles. The molecule has 0 radical (unpaired) electrons. The fourth-order valence-electron chi connectivity index (χ4n) is 3.31. The number of hydrazone groups is 1. The Balaban J connectivity index is 1.36. The summed E-state index contributed by atoms with van der Waals surface area (Å²) in [5.74, 6) is 0.134. The largest absolute Gasteiger partial charge is 0.467 e. The maximum atomic E-state index is 12.8. The SMILES string of the molecule is Cc1ccc(C2=NN(C(=O)COC(=O)CCNc3ncccn3)C(c3ccco3)C2)cc1. The highest BCUT2D eigenvalue weighted by molar-refractivity contribution is 6.03. The van der Waals surface area contributed by atoms with E-state index in [4.69, 9.17) is 9.15 Å². The van der Waals surface area contributed by atoms with E-state index < -0.39 is 18.5 Å². The Kier molecular flexibility index (Phi) is 6.54. The van der Waals surface area contributed by atoms with E-state index >= 15 is 0 Å². The molecule has 1 atom stereocenters. The minimum Gasteiger partial charge on any atom is -0.467 e. The topological polar surface area (TPSA) is 110 Å². The first-order chi connectivity index (χ1) is 15.6. The van der Waals surface area contributed by atoms with Crippen molar-refractivity contribution in [1.82, 2.24) is 15.0 Å². The molecule has 1 aliphatic heterocycles. The van der Waals surface area contributed by atoms with Crippen molar-refractivity contribution in [2.24, 2.45) is 5.10 Å². The summed E-state index contributed by atoms with van der Waals surface area (Å²) in [6, 6.07) is 12.8. The minimum atomic E-state index is -0.502. The molecule has 9 nitrogen and oxygen atoms in total. The second-order valence-electron chi connectivity index (χ2n) is 7.30. The number of carbonyl (C=O) groups excluding carboxylic acids is 2. The Bertz CT molecular complexity index is 1080. The maximum absolute atomic E-state index is 12.8. The highest BCUT2D eigenvalue weighted by Gasteiger charge is 2.35. The lowest BCUT2D eigenvalue weighted by Crippen LogP contribution is -2.31. The van der Waals surface area contributed by atoms with Gasteiger partial charge in [-0.25, -0.2) is 15.0 Å². The van der Waals surface area contributed by atoms with Crippen molar-refractivity contribution in [1.29, 1.82) is 0 Å². The number of anilines is 1. The van der Waals surface area contributed by atoms with E-state index in [-0.39, 0.29) is 12.5 Å². The van der Waals surface area contributed by atoms with Crippen molar-refractivity contribution in [3.8, 4) is 0 Å². The minimum absolute atomic E-state index is 0.0744. The third kappa shape index (κ3) is 5.18. The van der Waals surface area contributed by atoms with Crippen LogP contribution < -0.4 is 5.32 Å².